The van der Waals surface area contributed by atoms with Gasteiger partial charge in [-0.1, -0.05) is 6.07 Å². The molecule has 0 aliphatic rings. The summed E-state index contributed by atoms with van der Waals surface area (Å²) in [5, 5.41) is 11.8. The van der Waals surface area contributed by atoms with E-state index in [9.17, 15) is 0 Å². The lowest BCUT2D eigenvalue weighted by molar-refractivity contribution is 0.411. The molecule has 1 unspecified atom stereocenters. The number of benzene rings is 1. The number of rotatable bonds is 5. The van der Waals surface area contributed by atoms with Crippen molar-refractivity contribution in [3.63, 3.8) is 0 Å². The predicted octanol–water partition coefficient (Wildman–Crippen LogP) is 2.36. The maximum absolute atomic E-state index is 8.67. The third-order valence-electron chi connectivity index (χ3n) is 3.11. The number of ether oxygens (including phenoxy) is 1. The molecule has 17 heavy (non-hydrogen) atoms. The molecule has 0 radical (unpaired) electrons. The first-order valence-corrected chi connectivity index (χ1v) is 5.86. The van der Waals surface area contributed by atoms with Crippen molar-refractivity contribution in [1.29, 1.82) is 5.26 Å². The first-order chi connectivity index (χ1) is 8.10. The molecule has 0 aromatic heterocycles. The highest BCUT2D eigenvalue weighted by Gasteiger charge is 2.06. The molecule has 0 fully saturated rings. The van der Waals surface area contributed by atoms with Crippen molar-refractivity contribution in [3.8, 4) is 11.8 Å². The molecular weight excluding hydrogens is 212 g/mol. The van der Waals surface area contributed by atoms with Gasteiger partial charge in [-0.15, -0.1) is 0 Å². The van der Waals surface area contributed by atoms with Gasteiger partial charge in [0.2, 0.25) is 0 Å². The smallest absolute Gasteiger partial charge is 0.122 e. The van der Waals surface area contributed by atoms with E-state index >= 15 is 0 Å². The molecule has 1 atom stereocenters. The van der Waals surface area contributed by atoms with Crippen molar-refractivity contribution in [2.45, 2.75) is 33.2 Å². The fourth-order valence-electron chi connectivity index (χ4n) is 1.81. The second-order valence-electron chi connectivity index (χ2n) is 4.23. The Morgan fingerprint density at radius 2 is 2.06 bits per heavy atom. The van der Waals surface area contributed by atoms with E-state index in [2.05, 4.69) is 31.3 Å². The Morgan fingerprint density at radius 1 is 1.35 bits per heavy atom. The van der Waals surface area contributed by atoms with Crippen LogP contribution in [0.25, 0.3) is 0 Å². The first-order valence-electron chi connectivity index (χ1n) is 5.86. The van der Waals surface area contributed by atoms with E-state index in [0.29, 0.717) is 0 Å². The monoisotopic (exact) mass is 232 g/mol. The van der Waals surface area contributed by atoms with Crippen LogP contribution in [0.5, 0.6) is 5.75 Å². The fourth-order valence-corrected chi connectivity index (χ4v) is 1.81. The molecule has 0 aliphatic carbocycles. The van der Waals surface area contributed by atoms with Crippen LogP contribution in [-0.4, -0.2) is 19.7 Å². The molecule has 0 bridgehead atoms. The molecule has 0 spiro atoms. The highest BCUT2D eigenvalue weighted by molar-refractivity contribution is 5.43. The van der Waals surface area contributed by atoms with E-state index in [4.69, 9.17) is 10.00 Å². The van der Waals surface area contributed by atoms with Gasteiger partial charge in [0.1, 0.15) is 5.75 Å². The van der Waals surface area contributed by atoms with Crippen molar-refractivity contribution in [2.24, 2.45) is 0 Å². The first kappa shape index (κ1) is 13.5. The van der Waals surface area contributed by atoms with Crippen LogP contribution in [0.3, 0.4) is 0 Å². The predicted molar refractivity (Wildman–Crippen MR) is 69.2 cm³/mol. The number of hydrogen-bond acceptors (Lipinski definition) is 3. The Bertz CT molecular complexity index is 421. The SMILES string of the molecule is COc1ccc(CCNC(C)C#N)c(C)c1C. The average molecular weight is 232 g/mol. The highest BCUT2D eigenvalue weighted by Crippen LogP contribution is 2.23. The molecule has 1 rings (SSSR count). The molecule has 0 heterocycles. The van der Waals surface area contributed by atoms with Crippen LogP contribution in [0.2, 0.25) is 0 Å². The van der Waals surface area contributed by atoms with E-state index in [-0.39, 0.29) is 6.04 Å². The second-order valence-corrected chi connectivity index (χ2v) is 4.23. The summed E-state index contributed by atoms with van der Waals surface area (Å²) in [6, 6.07) is 6.18. The second kappa shape index (κ2) is 6.27. The van der Waals surface area contributed by atoms with Gasteiger partial charge in [-0.2, -0.15) is 5.26 Å². The quantitative estimate of drug-likeness (QED) is 0.847. The van der Waals surface area contributed by atoms with E-state index in [1.165, 1.54) is 16.7 Å². The summed E-state index contributed by atoms with van der Waals surface area (Å²) in [7, 11) is 1.69. The van der Waals surface area contributed by atoms with E-state index in [0.717, 1.165) is 18.7 Å². The van der Waals surface area contributed by atoms with Gasteiger partial charge >= 0.3 is 0 Å². The number of nitrogens with one attached hydrogen (secondary N) is 1. The summed E-state index contributed by atoms with van der Waals surface area (Å²) in [4.78, 5) is 0. The summed E-state index contributed by atoms with van der Waals surface area (Å²) in [5.41, 5.74) is 3.77. The normalized spacial score (nSPS) is 11.9. The van der Waals surface area contributed by atoms with Crippen molar-refractivity contribution < 1.29 is 4.74 Å². The van der Waals surface area contributed by atoms with Gasteiger partial charge in [0, 0.05) is 6.54 Å². The maximum Gasteiger partial charge on any atom is 0.122 e. The molecule has 0 saturated heterocycles. The summed E-state index contributed by atoms with van der Waals surface area (Å²) >= 11 is 0. The molecule has 3 nitrogen and oxygen atoms in total. The topological polar surface area (TPSA) is 45.0 Å². The van der Waals surface area contributed by atoms with Gasteiger partial charge in [0.05, 0.1) is 19.2 Å². The largest absolute Gasteiger partial charge is 0.496 e. The average Bonchev–Trinajstić information content (AvgIpc) is 2.34. The molecule has 0 amide bonds. The zero-order chi connectivity index (χ0) is 12.8. The minimum Gasteiger partial charge on any atom is -0.496 e. The minimum atomic E-state index is -0.0883. The Morgan fingerprint density at radius 3 is 2.65 bits per heavy atom. The van der Waals surface area contributed by atoms with Crippen LogP contribution < -0.4 is 10.1 Å². The Balaban J connectivity index is 2.67. The van der Waals surface area contributed by atoms with Crippen molar-refractivity contribution >= 4 is 0 Å². The Hall–Kier alpha value is -1.53. The van der Waals surface area contributed by atoms with Gasteiger partial charge in [-0.25, -0.2) is 0 Å². The Kier molecular flexibility index (Phi) is 4.99. The summed E-state index contributed by atoms with van der Waals surface area (Å²) < 4.78 is 5.28. The molecule has 3 heteroatoms. The van der Waals surface area contributed by atoms with E-state index in [1.807, 2.05) is 13.0 Å². The van der Waals surface area contributed by atoms with Crippen LogP contribution in [0, 0.1) is 25.2 Å². The third-order valence-corrected chi connectivity index (χ3v) is 3.11. The summed E-state index contributed by atoms with van der Waals surface area (Å²) in [5.74, 6) is 0.935. The van der Waals surface area contributed by atoms with Crippen LogP contribution >= 0.6 is 0 Å². The number of hydrogen-bond donors (Lipinski definition) is 1. The molecule has 1 aromatic carbocycles. The van der Waals surface area contributed by atoms with Crippen LogP contribution in [0.15, 0.2) is 12.1 Å². The van der Waals surface area contributed by atoms with Gasteiger partial charge in [-0.3, -0.25) is 0 Å². The van der Waals surface area contributed by atoms with Gasteiger partial charge in [0.15, 0.2) is 0 Å². The van der Waals surface area contributed by atoms with Crippen molar-refractivity contribution in [3.05, 3.63) is 28.8 Å². The highest BCUT2D eigenvalue weighted by atomic mass is 16.5. The molecule has 1 aromatic rings. The maximum atomic E-state index is 8.67. The number of methoxy groups -OCH3 is 1. The molecular formula is C14H20N2O. The van der Waals surface area contributed by atoms with E-state index in [1.54, 1.807) is 7.11 Å². The number of nitrogens with zero attached hydrogens (tertiary/aromatic N) is 1. The van der Waals surface area contributed by atoms with Gasteiger partial charge in [0.25, 0.3) is 0 Å². The lowest BCUT2D eigenvalue weighted by Crippen LogP contribution is -2.26. The Labute approximate surface area is 103 Å². The zero-order valence-electron chi connectivity index (χ0n) is 11.0. The minimum absolute atomic E-state index is 0.0883. The van der Waals surface area contributed by atoms with E-state index < -0.39 is 0 Å². The van der Waals surface area contributed by atoms with Crippen LogP contribution in [-0.2, 0) is 6.42 Å². The zero-order valence-corrected chi connectivity index (χ0v) is 11.0. The summed E-state index contributed by atoms with van der Waals surface area (Å²) in [6.07, 6.45) is 0.933. The van der Waals surface area contributed by atoms with Gasteiger partial charge < -0.3 is 10.1 Å². The fraction of sp³-hybridized carbons (Fsp3) is 0.500. The molecule has 1 N–H and O–H groups in total. The molecule has 92 valence electrons. The van der Waals surface area contributed by atoms with Crippen molar-refractivity contribution in [1.82, 2.24) is 5.32 Å². The lowest BCUT2D eigenvalue weighted by atomic mass is 10.00. The third kappa shape index (κ3) is 3.47. The number of nitriles is 1. The van der Waals surface area contributed by atoms with Crippen molar-refractivity contribution in [2.75, 3.05) is 13.7 Å². The standard InChI is InChI=1S/C14H20N2O/c1-10(9-15)16-8-7-13-5-6-14(17-4)12(3)11(13)2/h5-6,10,16H,7-8H2,1-4H3. The summed E-state index contributed by atoms with van der Waals surface area (Å²) in [6.45, 7) is 6.87. The van der Waals surface area contributed by atoms with Crippen LogP contribution in [0.4, 0.5) is 0 Å². The lowest BCUT2D eigenvalue weighted by Gasteiger charge is -2.13. The molecule has 0 aliphatic heterocycles. The van der Waals surface area contributed by atoms with Crippen LogP contribution in [0.1, 0.15) is 23.6 Å². The van der Waals surface area contributed by atoms with Gasteiger partial charge in [-0.05, 0) is 49.9 Å². The molecule has 0 saturated carbocycles.